The van der Waals surface area contributed by atoms with Crippen LogP contribution >= 0.6 is 0 Å². The molecule has 5 heteroatoms. The van der Waals surface area contributed by atoms with Crippen LogP contribution < -0.4 is 5.32 Å². The first-order valence-corrected chi connectivity index (χ1v) is 29.7. The summed E-state index contributed by atoms with van der Waals surface area (Å²) in [5.41, 5.74) is 0. The average Bonchev–Trinajstić information content (AvgIpc) is 3.31. The summed E-state index contributed by atoms with van der Waals surface area (Å²) in [6, 6.07) is -0.811. The van der Waals surface area contributed by atoms with Crippen molar-refractivity contribution in [3.05, 3.63) is 24.3 Å². The maximum Gasteiger partial charge on any atom is 0.249 e. The molecule has 0 aliphatic rings. The van der Waals surface area contributed by atoms with E-state index < -0.39 is 24.2 Å². The first kappa shape index (κ1) is 63.8. The van der Waals surface area contributed by atoms with Crippen molar-refractivity contribution >= 4 is 5.91 Å². The molecule has 0 fully saturated rings. The zero-order chi connectivity index (χ0) is 47.2. The van der Waals surface area contributed by atoms with Crippen LogP contribution in [0.3, 0.4) is 0 Å². The number of unbranched alkanes of at least 4 members (excludes halogenated alkanes) is 45. The zero-order valence-electron chi connectivity index (χ0n) is 44.1. The molecule has 0 aromatic carbocycles. The highest BCUT2D eigenvalue weighted by atomic mass is 16.3. The molecule has 0 bridgehead atoms. The molecule has 0 aliphatic heterocycles. The van der Waals surface area contributed by atoms with Gasteiger partial charge in [0.05, 0.1) is 18.8 Å². The number of aliphatic hydroxyl groups excluding tert-OH is 3. The van der Waals surface area contributed by atoms with Crippen LogP contribution in [0.15, 0.2) is 24.3 Å². The Morgan fingerprint density at radius 1 is 0.369 bits per heavy atom. The van der Waals surface area contributed by atoms with Gasteiger partial charge in [0.2, 0.25) is 5.91 Å². The topological polar surface area (TPSA) is 89.8 Å². The van der Waals surface area contributed by atoms with Crippen LogP contribution in [0, 0.1) is 0 Å². The van der Waals surface area contributed by atoms with E-state index in [1.807, 2.05) is 6.08 Å². The van der Waals surface area contributed by atoms with Gasteiger partial charge in [-0.15, -0.1) is 0 Å². The molecule has 0 aromatic heterocycles. The summed E-state index contributed by atoms with van der Waals surface area (Å²) in [7, 11) is 0. The Morgan fingerprint density at radius 2 is 0.631 bits per heavy atom. The number of carbonyl (C=O) groups is 1. The first-order chi connectivity index (χ1) is 32.1. The Labute approximate surface area is 407 Å². The monoisotopic (exact) mass is 916 g/mol. The maximum atomic E-state index is 12.5. The third-order valence-electron chi connectivity index (χ3n) is 14.0. The predicted octanol–water partition coefficient (Wildman–Crippen LogP) is 18.5. The Balaban J connectivity index is 3.42. The van der Waals surface area contributed by atoms with Crippen LogP contribution in [-0.2, 0) is 4.79 Å². The molecule has 0 radical (unpaired) electrons. The quantitative estimate of drug-likeness (QED) is 0.0361. The van der Waals surface area contributed by atoms with E-state index in [-0.39, 0.29) is 6.61 Å². The lowest BCUT2D eigenvalue weighted by Gasteiger charge is -2.21. The van der Waals surface area contributed by atoms with Gasteiger partial charge in [-0.05, 0) is 32.1 Å². The number of hydrogen-bond acceptors (Lipinski definition) is 4. The van der Waals surface area contributed by atoms with E-state index in [4.69, 9.17) is 0 Å². The minimum atomic E-state index is -1.10. The Hall–Kier alpha value is -1.17. The molecule has 0 spiro atoms. The molecular formula is C60H117NO4. The van der Waals surface area contributed by atoms with Crippen molar-refractivity contribution in [1.82, 2.24) is 5.32 Å². The van der Waals surface area contributed by atoms with Gasteiger partial charge in [-0.1, -0.05) is 321 Å². The fourth-order valence-electron chi connectivity index (χ4n) is 9.44. The number of amides is 1. The van der Waals surface area contributed by atoms with E-state index in [2.05, 4.69) is 31.3 Å². The van der Waals surface area contributed by atoms with Crippen molar-refractivity contribution in [1.29, 1.82) is 0 Å². The molecule has 5 nitrogen and oxygen atoms in total. The van der Waals surface area contributed by atoms with E-state index >= 15 is 0 Å². The van der Waals surface area contributed by atoms with Crippen LogP contribution in [0.5, 0.6) is 0 Å². The molecule has 3 unspecified atom stereocenters. The maximum absolute atomic E-state index is 12.5. The SMILES string of the molecule is CCCCCCCCC/C=C/CC/C=C/C(O)C(CO)NC(=O)C(O)CCCCCCCCCCCCCCCCCCCCCCCCCCCCCCCCCCCCCCCC. The van der Waals surface area contributed by atoms with Crippen LogP contribution in [-0.4, -0.2) is 46.1 Å². The third-order valence-corrected chi connectivity index (χ3v) is 14.0. The van der Waals surface area contributed by atoms with E-state index in [0.717, 1.165) is 38.5 Å². The van der Waals surface area contributed by atoms with Gasteiger partial charge in [-0.2, -0.15) is 0 Å². The van der Waals surface area contributed by atoms with Crippen molar-refractivity contribution in [3.63, 3.8) is 0 Å². The summed E-state index contributed by atoms with van der Waals surface area (Å²) in [5, 5.41) is 33.2. The first-order valence-electron chi connectivity index (χ1n) is 29.7. The molecule has 0 aromatic rings. The normalized spacial score (nSPS) is 13.4. The predicted molar refractivity (Wildman–Crippen MR) is 287 cm³/mol. The van der Waals surface area contributed by atoms with Gasteiger partial charge in [0.1, 0.15) is 6.10 Å². The molecule has 1 amide bonds. The lowest BCUT2D eigenvalue weighted by molar-refractivity contribution is -0.131. The van der Waals surface area contributed by atoms with Gasteiger partial charge in [0, 0.05) is 0 Å². The lowest BCUT2D eigenvalue weighted by Crippen LogP contribution is -2.48. The minimum absolute atomic E-state index is 0.373. The van der Waals surface area contributed by atoms with E-state index in [0.29, 0.717) is 6.42 Å². The number of carbonyl (C=O) groups excluding carboxylic acids is 1. The Morgan fingerprint density at radius 3 is 0.938 bits per heavy atom. The third kappa shape index (κ3) is 50.5. The summed E-state index contributed by atoms with van der Waals surface area (Å²) in [4.78, 5) is 12.5. The fraction of sp³-hybridized carbons (Fsp3) is 0.917. The van der Waals surface area contributed by atoms with Crippen molar-refractivity contribution < 1.29 is 20.1 Å². The van der Waals surface area contributed by atoms with Gasteiger partial charge < -0.3 is 20.6 Å². The number of allylic oxidation sites excluding steroid dienone is 3. The molecule has 0 heterocycles. The van der Waals surface area contributed by atoms with Crippen LogP contribution in [0.2, 0.25) is 0 Å². The molecule has 0 rings (SSSR count). The van der Waals surface area contributed by atoms with Crippen LogP contribution in [0.25, 0.3) is 0 Å². The minimum Gasteiger partial charge on any atom is -0.394 e. The van der Waals surface area contributed by atoms with E-state index in [1.165, 1.54) is 270 Å². The van der Waals surface area contributed by atoms with E-state index in [1.54, 1.807) is 6.08 Å². The van der Waals surface area contributed by atoms with Gasteiger partial charge in [0.25, 0.3) is 0 Å². The highest BCUT2D eigenvalue weighted by Crippen LogP contribution is 2.18. The van der Waals surface area contributed by atoms with Gasteiger partial charge in [-0.3, -0.25) is 4.79 Å². The van der Waals surface area contributed by atoms with Gasteiger partial charge >= 0.3 is 0 Å². The molecule has 0 saturated heterocycles. The second-order valence-corrected chi connectivity index (χ2v) is 20.6. The standard InChI is InChI=1S/C60H117NO4/c1-3-5-7-9-11-13-15-17-18-19-20-21-22-23-24-25-26-27-28-29-30-31-32-33-34-35-36-37-38-39-40-41-43-45-47-49-51-53-55-59(64)60(65)61-57(56-62)58(63)54-52-50-48-46-44-42-16-14-12-10-8-6-4-2/h44,46,52,54,57-59,62-64H,3-43,45,47-51,53,55-56H2,1-2H3,(H,61,65)/b46-44+,54-52+. The number of nitrogens with one attached hydrogen (secondary N) is 1. The van der Waals surface area contributed by atoms with E-state index in [9.17, 15) is 20.1 Å². The number of aliphatic hydroxyl groups is 3. The van der Waals surface area contributed by atoms with Gasteiger partial charge in [-0.25, -0.2) is 0 Å². The van der Waals surface area contributed by atoms with Crippen molar-refractivity contribution in [2.75, 3.05) is 6.61 Å². The Kier molecular flexibility index (Phi) is 54.4. The van der Waals surface area contributed by atoms with Crippen LogP contribution in [0.4, 0.5) is 0 Å². The second kappa shape index (κ2) is 55.4. The fourth-order valence-corrected chi connectivity index (χ4v) is 9.44. The largest absolute Gasteiger partial charge is 0.394 e. The molecule has 0 saturated carbocycles. The summed E-state index contributed by atoms with van der Waals surface area (Å²) >= 11 is 0. The summed E-state index contributed by atoms with van der Waals surface area (Å²) in [6.07, 6.45) is 71.6. The van der Waals surface area contributed by atoms with Gasteiger partial charge in [0.15, 0.2) is 0 Å². The number of rotatable bonds is 55. The second-order valence-electron chi connectivity index (χ2n) is 20.6. The smallest absolute Gasteiger partial charge is 0.249 e. The Bertz CT molecular complexity index is 967. The van der Waals surface area contributed by atoms with Crippen molar-refractivity contribution in [3.8, 4) is 0 Å². The van der Waals surface area contributed by atoms with Crippen LogP contribution in [0.1, 0.15) is 328 Å². The molecule has 65 heavy (non-hydrogen) atoms. The average molecular weight is 917 g/mol. The lowest BCUT2D eigenvalue weighted by atomic mass is 10.0. The van der Waals surface area contributed by atoms with Crippen molar-refractivity contribution in [2.45, 2.75) is 347 Å². The van der Waals surface area contributed by atoms with Crippen molar-refractivity contribution in [2.24, 2.45) is 0 Å². The molecule has 4 N–H and O–H groups in total. The molecule has 3 atom stereocenters. The highest BCUT2D eigenvalue weighted by molar-refractivity contribution is 5.80. The summed E-state index contributed by atoms with van der Waals surface area (Å²) < 4.78 is 0. The highest BCUT2D eigenvalue weighted by Gasteiger charge is 2.22. The zero-order valence-corrected chi connectivity index (χ0v) is 44.1. The molecule has 0 aliphatic carbocycles. The summed E-state index contributed by atoms with van der Waals surface area (Å²) in [5.74, 6) is -0.508. The molecule has 386 valence electrons. The molecular weight excluding hydrogens is 799 g/mol. The number of hydrogen-bond donors (Lipinski definition) is 4. The summed E-state index contributed by atoms with van der Waals surface area (Å²) in [6.45, 7) is 4.18.